The van der Waals surface area contributed by atoms with Crippen LogP contribution in [0.5, 0.6) is 11.5 Å². The lowest BCUT2D eigenvalue weighted by molar-refractivity contribution is -0.117. The molecule has 0 bridgehead atoms. The minimum absolute atomic E-state index is 0.0552. The van der Waals surface area contributed by atoms with Gasteiger partial charge >= 0.3 is 6.03 Å². The highest BCUT2D eigenvalue weighted by molar-refractivity contribution is 7.89. The van der Waals surface area contributed by atoms with Gasteiger partial charge in [0.2, 0.25) is 15.9 Å². The van der Waals surface area contributed by atoms with E-state index >= 15 is 0 Å². The Morgan fingerprint density at radius 2 is 1.77 bits per heavy atom. The molecule has 2 aromatic rings. The molecule has 2 aromatic carbocycles. The van der Waals surface area contributed by atoms with E-state index in [9.17, 15) is 18.0 Å². The molecule has 1 atom stereocenters. The number of rotatable bonds is 6. The summed E-state index contributed by atoms with van der Waals surface area (Å²) in [6, 6.07) is 9.69. The Morgan fingerprint density at radius 3 is 2.37 bits per heavy atom. The molecule has 0 aromatic heterocycles. The second kappa shape index (κ2) is 8.59. The van der Waals surface area contributed by atoms with Gasteiger partial charge in [0.15, 0.2) is 11.5 Å². The summed E-state index contributed by atoms with van der Waals surface area (Å²) in [4.78, 5) is 26.2. The van der Waals surface area contributed by atoms with E-state index in [1.807, 2.05) is 0 Å². The van der Waals surface area contributed by atoms with E-state index < -0.39 is 22.1 Å². The molecule has 0 spiro atoms. The average Bonchev–Trinajstić information content (AvgIpc) is 3.06. The van der Waals surface area contributed by atoms with Gasteiger partial charge in [-0.15, -0.1) is 0 Å². The molecule has 11 heteroatoms. The predicted molar refractivity (Wildman–Crippen MR) is 110 cm³/mol. The van der Waals surface area contributed by atoms with Crippen molar-refractivity contribution in [2.45, 2.75) is 17.4 Å². The highest BCUT2D eigenvalue weighted by Gasteiger charge is 2.32. The van der Waals surface area contributed by atoms with E-state index in [1.165, 1.54) is 38.5 Å². The second-order valence-electron chi connectivity index (χ2n) is 6.61. The first-order chi connectivity index (χ1) is 14.2. The van der Waals surface area contributed by atoms with Crippen molar-refractivity contribution in [1.29, 1.82) is 0 Å². The largest absolute Gasteiger partial charge is 0.493 e. The summed E-state index contributed by atoms with van der Waals surface area (Å²) in [5.41, 5.74) is 1.03. The summed E-state index contributed by atoms with van der Waals surface area (Å²) in [7, 11) is -0.764. The third-order valence-corrected chi connectivity index (χ3v) is 5.51. The van der Waals surface area contributed by atoms with Crippen molar-refractivity contribution in [3.8, 4) is 11.5 Å². The lowest BCUT2D eigenvalue weighted by Crippen LogP contribution is -2.39. The third kappa shape index (κ3) is 4.81. The Hall–Kier alpha value is -3.31. The van der Waals surface area contributed by atoms with Gasteiger partial charge in [-0.3, -0.25) is 4.79 Å². The summed E-state index contributed by atoms with van der Waals surface area (Å²) < 4.78 is 33.0. The van der Waals surface area contributed by atoms with Gasteiger partial charge < -0.3 is 25.0 Å². The predicted octanol–water partition coefficient (Wildman–Crippen LogP) is 1.28. The number of hydrogen-bond donors (Lipinski definition) is 3. The zero-order chi connectivity index (χ0) is 21.9. The van der Waals surface area contributed by atoms with Crippen LogP contribution in [0.25, 0.3) is 0 Å². The first kappa shape index (κ1) is 21.4. The number of hydrogen-bond acceptors (Lipinski definition) is 6. The number of carbonyl (C=O) groups is 2. The van der Waals surface area contributed by atoms with Gasteiger partial charge in [0.25, 0.3) is 0 Å². The Kier molecular flexibility index (Phi) is 6.13. The molecule has 10 nitrogen and oxygen atoms in total. The van der Waals surface area contributed by atoms with Crippen molar-refractivity contribution in [1.82, 2.24) is 5.32 Å². The number of nitrogens with two attached hydrogens (primary N) is 1. The fourth-order valence-corrected chi connectivity index (χ4v) is 3.64. The van der Waals surface area contributed by atoms with Crippen molar-refractivity contribution in [2.75, 3.05) is 31.0 Å². The first-order valence-corrected chi connectivity index (χ1v) is 10.5. The molecule has 0 saturated carbocycles. The number of sulfonamides is 1. The maximum atomic E-state index is 12.4. The summed E-state index contributed by atoms with van der Waals surface area (Å²) in [6.07, 6.45) is 0.145. The van der Waals surface area contributed by atoms with Crippen LogP contribution in [0.15, 0.2) is 47.4 Å². The zero-order valence-corrected chi connectivity index (χ0v) is 17.2. The number of anilines is 2. The molecule has 1 unspecified atom stereocenters. The van der Waals surface area contributed by atoms with Crippen LogP contribution in [-0.2, 0) is 14.8 Å². The fourth-order valence-electron chi connectivity index (χ4n) is 3.13. The molecule has 1 aliphatic heterocycles. The van der Waals surface area contributed by atoms with Gasteiger partial charge in [-0.2, -0.15) is 0 Å². The van der Waals surface area contributed by atoms with E-state index in [-0.39, 0.29) is 17.2 Å². The zero-order valence-electron chi connectivity index (χ0n) is 16.4. The molecule has 4 N–H and O–H groups in total. The van der Waals surface area contributed by atoms with Gasteiger partial charge in [-0.1, -0.05) is 0 Å². The van der Waals surface area contributed by atoms with Gasteiger partial charge in [-0.05, 0) is 36.4 Å². The van der Waals surface area contributed by atoms with Crippen molar-refractivity contribution in [3.05, 3.63) is 42.5 Å². The quantitative estimate of drug-likeness (QED) is 0.626. The maximum Gasteiger partial charge on any atom is 0.319 e. The summed E-state index contributed by atoms with van der Waals surface area (Å²) >= 11 is 0. The molecule has 3 rings (SSSR count). The molecule has 1 fully saturated rings. The van der Waals surface area contributed by atoms with E-state index in [0.29, 0.717) is 29.4 Å². The van der Waals surface area contributed by atoms with E-state index in [4.69, 9.17) is 14.6 Å². The van der Waals surface area contributed by atoms with Crippen LogP contribution in [0.2, 0.25) is 0 Å². The van der Waals surface area contributed by atoms with E-state index in [1.54, 1.807) is 23.1 Å². The lowest BCUT2D eigenvalue weighted by Gasteiger charge is -2.19. The highest BCUT2D eigenvalue weighted by atomic mass is 32.2. The molecule has 1 aliphatic rings. The normalized spacial score (nSPS) is 16.3. The number of amides is 3. The van der Waals surface area contributed by atoms with Crippen LogP contribution in [0.3, 0.4) is 0 Å². The fraction of sp³-hybridized carbons (Fsp3) is 0.263. The molecule has 0 radical (unpaired) electrons. The number of nitrogens with zero attached hydrogens (tertiary/aromatic N) is 1. The Balaban J connectivity index is 1.62. The van der Waals surface area contributed by atoms with Gasteiger partial charge in [-0.25, -0.2) is 18.4 Å². The van der Waals surface area contributed by atoms with Crippen LogP contribution in [-0.4, -0.2) is 47.2 Å². The van der Waals surface area contributed by atoms with Gasteiger partial charge in [0.1, 0.15) is 0 Å². The SMILES string of the molecule is COc1ccc(N2CC(NC(=O)Nc3ccc(S(N)(=O)=O)cc3)CC2=O)cc1OC. The number of primary sulfonamides is 1. The van der Waals surface area contributed by atoms with E-state index in [0.717, 1.165) is 0 Å². The molecule has 1 saturated heterocycles. The topological polar surface area (TPSA) is 140 Å². The number of ether oxygens (including phenoxy) is 2. The number of nitrogens with one attached hydrogen (secondary N) is 2. The summed E-state index contributed by atoms with van der Waals surface area (Å²) in [6.45, 7) is 0.298. The molecule has 30 heavy (non-hydrogen) atoms. The second-order valence-corrected chi connectivity index (χ2v) is 8.17. The number of benzene rings is 2. The van der Waals surface area contributed by atoms with Crippen molar-refractivity contribution in [2.24, 2.45) is 5.14 Å². The minimum Gasteiger partial charge on any atom is -0.493 e. The minimum atomic E-state index is -3.80. The molecule has 0 aliphatic carbocycles. The molecular weight excluding hydrogens is 412 g/mol. The van der Waals surface area contributed by atoms with Crippen LogP contribution in [0.1, 0.15) is 6.42 Å². The molecule has 1 heterocycles. The maximum absolute atomic E-state index is 12.4. The number of urea groups is 1. The highest BCUT2D eigenvalue weighted by Crippen LogP contribution is 2.33. The standard InChI is InChI=1S/C19H22N4O6S/c1-28-16-8-5-14(10-17(16)29-2)23-11-13(9-18(23)24)22-19(25)21-12-3-6-15(7-4-12)30(20,26)27/h3-8,10,13H,9,11H2,1-2H3,(H2,20,26,27)(H2,21,22,25). The summed E-state index contributed by atoms with van der Waals surface area (Å²) in [5, 5.41) is 10.4. The van der Waals surface area contributed by atoms with Gasteiger partial charge in [0, 0.05) is 30.4 Å². The average molecular weight is 434 g/mol. The van der Waals surface area contributed by atoms with Crippen LogP contribution in [0.4, 0.5) is 16.2 Å². The molecule has 160 valence electrons. The van der Waals surface area contributed by atoms with Crippen molar-refractivity contribution >= 4 is 33.3 Å². The summed E-state index contributed by atoms with van der Waals surface area (Å²) in [5.74, 6) is 0.917. The van der Waals surface area contributed by atoms with Gasteiger partial charge in [0.05, 0.1) is 25.2 Å². The third-order valence-electron chi connectivity index (χ3n) is 4.58. The molecule has 3 amide bonds. The van der Waals surface area contributed by atoms with E-state index in [2.05, 4.69) is 10.6 Å². The Morgan fingerprint density at radius 1 is 1.10 bits per heavy atom. The smallest absolute Gasteiger partial charge is 0.319 e. The molecular formula is C19H22N4O6S. The lowest BCUT2D eigenvalue weighted by atomic mass is 10.2. The van der Waals surface area contributed by atoms with Crippen LogP contribution >= 0.6 is 0 Å². The first-order valence-electron chi connectivity index (χ1n) is 8.94. The van der Waals surface area contributed by atoms with Crippen molar-refractivity contribution in [3.63, 3.8) is 0 Å². The van der Waals surface area contributed by atoms with Crippen molar-refractivity contribution < 1.29 is 27.5 Å². The Bertz CT molecular complexity index is 1060. The number of carbonyl (C=O) groups excluding carboxylic acids is 2. The number of methoxy groups -OCH3 is 2. The monoisotopic (exact) mass is 434 g/mol. The van der Waals surface area contributed by atoms with Crippen LogP contribution in [0, 0.1) is 0 Å². The Labute approximate surface area is 174 Å². The van der Waals surface area contributed by atoms with Crippen LogP contribution < -0.4 is 30.1 Å².